The van der Waals surface area contributed by atoms with Crippen LogP contribution in [0.15, 0.2) is 46.3 Å². The molecule has 0 saturated heterocycles. The second-order valence-corrected chi connectivity index (χ2v) is 6.79. The highest BCUT2D eigenvalue weighted by Gasteiger charge is 2.14. The van der Waals surface area contributed by atoms with Crippen molar-refractivity contribution in [1.82, 2.24) is 30.3 Å². The largest absolute Gasteiger partial charge is 0.454 e. The van der Waals surface area contributed by atoms with Gasteiger partial charge in [-0.3, -0.25) is 0 Å². The molecule has 4 aromatic rings. The van der Waals surface area contributed by atoms with E-state index in [0.29, 0.717) is 11.6 Å². The van der Waals surface area contributed by atoms with Crippen molar-refractivity contribution in [2.24, 2.45) is 0 Å². The van der Waals surface area contributed by atoms with Gasteiger partial charge in [0.1, 0.15) is 0 Å². The SMILES string of the molecule is CCc1ccc(-c2noc(COC(=O)Cn3nnc(-c4cccs4)n3)n2)cc1. The summed E-state index contributed by atoms with van der Waals surface area (Å²) in [6, 6.07) is 11.7. The molecular weight excluding hydrogens is 380 g/mol. The Bertz CT molecular complexity index is 1060. The minimum absolute atomic E-state index is 0.120. The van der Waals surface area contributed by atoms with Crippen LogP contribution in [0, 0.1) is 0 Å². The van der Waals surface area contributed by atoms with E-state index in [1.807, 2.05) is 41.8 Å². The van der Waals surface area contributed by atoms with Crippen molar-refractivity contribution in [2.45, 2.75) is 26.5 Å². The van der Waals surface area contributed by atoms with Crippen molar-refractivity contribution in [2.75, 3.05) is 0 Å². The van der Waals surface area contributed by atoms with E-state index in [0.717, 1.165) is 16.9 Å². The molecule has 10 heteroatoms. The Balaban J connectivity index is 1.32. The summed E-state index contributed by atoms with van der Waals surface area (Å²) in [6.45, 7) is 1.82. The van der Waals surface area contributed by atoms with E-state index in [1.54, 1.807) is 0 Å². The van der Waals surface area contributed by atoms with Gasteiger partial charge in [0.15, 0.2) is 13.2 Å². The molecule has 0 radical (unpaired) electrons. The lowest BCUT2D eigenvalue weighted by Gasteiger charge is -2.00. The lowest BCUT2D eigenvalue weighted by Crippen LogP contribution is -2.15. The molecule has 0 saturated carbocycles. The summed E-state index contributed by atoms with van der Waals surface area (Å²) in [4.78, 5) is 18.3. The highest BCUT2D eigenvalue weighted by Crippen LogP contribution is 2.19. The quantitative estimate of drug-likeness (QED) is 0.439. The highest BCUT2D eigenvalue weighted by molar-refractivity contribution is 7.13. The number of ether oxygens (including phenoxy) is 1. The van der Waals surface area contributed by atoms with E-state index < -0.39 is 5.97 Å². The molecule has 142 valence electrons. The Morgan fingerprint density at radius 3 is 2.82 bits per heavy atom. The molecule has 0 aliphatic carbocycles. The fourth-order valence-electron chi connectivity index (χ4n) is 2.44. The summed E-state index contributed by atoms with van der Waals surface area (Å²) in [5.41, 5.74) is 2.07. The van der Waals surface area contributed by atoms with Crippen LogP contribution >= 0.6 is 11.3 Å². The minimum Gasteiger partial charge on any atom is -0.454 e. The zero-order valence-corrected chi connectivity index (χ0v) is 15.8. The Labute approximate surface area is 164 Å². The number of esters is 1. The Morgan fingerprint density at radius 2 is 2.07 bits per heavy atom. The molecule has 1 aromatic carbocycles. The van der Waals surface area contributed by atoms with Crippen molar-refractivity contribution in [3.05, 3.63) is 53.2 Å². The third-order valence-electron chi connectivity index (χ3n) is 3.91. The molecule has 0 unspecified atom stereocenters. The van der Waals surface area contributed by atoms with Gasteiger partial charge in [-0.1, -0.05) is 42.4 Å². The molecule has 9 nitrogen and oxygen atoms in total. The first-order valence-electron chi connectivity index (χ1n) is 8.60. The van der Waals surface area contributed by atoms with Crippen LogP contribution < -0.4 is 0 Å². The van der Waals surface area contributed by atoms with E-state index in [2.05, 4.69) is 32.5 Å². The second kappa shape index (κ2) is 8.09. The number of benzene rings is 1. The van der Waals surface area contributed by atoms with Crippen LogP contribution in [0.25, 0.3) is 22.1 Å². The van der Waals surface area contributed by atoms with Gasteiger partial charge in [-0.05, 0) is 28.6 Å². The second-order valence-electron chi connectivity index (χ2n) is 5.84. The van der Waals surface area contributed by atoms with Crippen LogP contribution in [0.4, 0.5) is 0 Å². The summed E-state index contributed by atoms with van der Waals surface area (Å²) < 4.78 is 10.3. The molecule has 0 N–H and O–H groups in total. The van der Waals surface area contributed by atoms with Crippen molar-refractivity contribution < 1.29 is 14.1 Å². The number of carbonyl (C=O) groups excluding carboxylic acids is 1. The molecule has 0 fully saturated rings. The van der Waals surface area contributed by atoms with Crippen LogP contribution in [-0.4, -0.2) is 36.3 Å². The van der Waals surface area contributed by atoms with Gasteiger partial charge in [0.05, 0.1) is 4.88 Å². The molecule has 0 aliphatic rings. The number of nitrogens with zero attached hydrogens (tertiary/aromatic N) is 6. The zero-order chi connectivity index (χ0) is 19.3. The zero-order valence-electron chi connectivity index (χ0n) is 15.0. The van der Waals surface area contributed by atoms with Crippen LogP contribution in [0.5, 0.6) is 0 Å². The first-order chi connectivity index (χ1) is 13.7. The molecule has 28 heavy (non-hydrogen) atoms. The Kier molecular flexibility index (Phi) is 5.20. The van der Waals surface area contributed by atoms with Gasteiger partial charge in [-0.25, -0.2) is 4.79 Å². The summed E-state index contributed by atoms with van der Waals surface area (Å²) in [5.74, 6) is 0.613. The molecule has 3 heterocycles. The number of aryl methyl sites for hydroxylation is 1. The van der Waals surface area contributed by atoms with Crippen LogP contribution in [-0.2, 0) is 29.1 Å². The maximum Gasteiger partial charge on any atom is 0.330 e. The monoisotopic (exact) mass is 396 g/mol. The first kappa shape index (κ1) is 18.0. The van der Waals surface area contributed by atoms with E-state index in [9.17, 15) is 4.79 Å². The van der Waals surface area contributed by atoms with Gasteiger partial charge in [0, 0.05) is 5.56 Å². The number of aromatic nitrogens is 6. The average molecular weight is 396 g/mol. The van der Waals surface area contributed by atoms with Crippen molar-refractivity contribution in [3.63, 3.8) is 0 Å². The number of carbonyl (C=O) groups is 1. The van der Waals surface area contributed by atoms with Crippen molar-refractivity contribution >= 4 is 17.3 Å². The van der Waals surface area contributed by atoms with E-state index in [1.165, 1.54) is 21.7 Å². The normalized spacial score (nSPS) is 10.9. The van der Waals surface area contributed by atoms with Gasteiger partial charge in [0.25, 0.3) is 5.89 Å². The maximum absolute atomic E-state index is 12.0. The van der Waals surface area contributed by atoms with Gasteiger partial charge < -0.3 is 9.26 Å². The summed E-state index contributed by atoms with van der Waals surface area (Å²) in [5, 5.41) is 17.8. The van der Waals surface area contributed by atoms with E-state index in [-0.39, 0.29) is 19.0 Å². The third-order valence-corrected chi connectivity index (χ3v) is 4.78. The Morgan fingerprint density at radius 1 is 1.21 bits per heavy atom. The molecule has 0 spiro atoms. The van der Waals surface area contributed by atoms with Gasteiger partial charge in [-0.2, -0.15) is 9.78 Å². The smallest absolute Gasteiger partial charge is 0.330 e. The predicted octanol–water partition coefficient (Wildman–Crippen LogP) is 2.76. The Hall–Kier alpha value is -3.40. The lowest BCUT2D eigenvalue weighted by atomic mass is 10.1. The lowest BCUT2D eigenvalue weighted by molar-refractivity contribution is -0.147. The fraction of sp³-hybridized carbons (Fsp3) is 0.222. The number of rotatable bonds is 7. The third kappa shape index (κ3) is 4.12. The highest BCUT2D eigenvalue weighted by atomic mass is 32.1. The molecule has 0 amide bonds. The van der Waals surface area contributed by atoms with Gasteiger partial charge >= 0.3 is 5.97 Å². The number of tetrazole rings is 1. The van der Waals surface area contributed by atoms with E-state index in [4.69, 9.17) is 9.26 Å². The van der Waals surface area contributed by atoms with Gasteiger partial charge in [-0.15, -0.1) is 21.5 Å². The topological polar surface area (TPSA) is 109 Å². The van der Waals surface area contributed by atoms with Crippen LogP contribution in [0.3, 0.4) is 0 Å². The van der Waals surface area contributed by atoms with Gasteiger partial charge in [0.2, 0.25) is 11.6 Å². The minimum atomic E-state index is -0.526. The average Bonchev–Trinajstić information content (AvgIpc) is 3.47. The number of hydrogen-bond donors (Lipinski definition) is 0. The molecule has 4 rings (SSSR count). The maximum atomic E-state index is 12.0. The van der Waals surface area contributed by atoms with Crippen molar-refractivity contribution in [3.8, 4) is 22.1 Å². The fourth-order valence-corrected chi connectivity index (χ4v) is 3.09. The molecule has 0 bridgehead atoms. The summed E-state index contributed by atoms with van der Waals surface area (Å²) in [6.07, 6.45) is 0.961. The molecule has 0 atom stereocenters. The summed E-state index contributed by atoms with van der Waals surface area (Å²) >= 11 is 1.50. The predicted molar refractivity (Wildman–Crippen MR) is 100 cm³/mol. The number of hydrogen-bond acceptors (Lipinski definition) is 9. The standard InChI is InChI=1S/C18H16N6O3S/c1-2-12-5-7-13(8-6-12)17-19-15(27-22-17)11-26-16(25)10-24-21-18(20-23-24)14-4-3-9-28-14/h3-9H,2,10-11H2,1H3. The van der Waals surface area contributed by atoms with Crippen LogP contribution in [0.1, 0.15) is 18.4 Å². The first-order valence-corrected chi connectivity index (χ1v) is 9.48. The van der Waals surface area contributed by atoms with Crippen LogP contribution in [0.2, 0.25) is 0 Å². The number of thiophene rings is 1. The molecule has 0 aliphatic heterocycles. The molecule has 3 aromatic heterocycles. The van der Waals surface area contributed by atoms with E-state index >= 15 is 0 Å². The summed E-state index contributed by atoms with van der Waals surface area (Å²) in [7, 11) is 0. The van der Waals surface area contributed by atoms with Crippen molar-refractivity contribution in [1.29, 1.82) is 0 Å². The molecular formula is C18H16N6O3S.